The summed E-state index contributed by atoms with van der Waals surface area (Å²) in [6.07, 6.45) is -15.1. The average molecular weight is 434 g/mol. The fraction of sp³-hybridized carbons (Fsp3) is 0.917. The highest BCUT2D eigenvalue weighted by Gasteiger charge is 2.91. The van der Waals surface area contributed by atoms with E-state index in [1.165, 1.54) is 6.92 Å². The molecule has 0 amide bonds. The number of carbonyl (C=O) groups excluding carboxylic acids is 1. The van der Waals surface area contributed by atoms with E-state index >= 15 is 0 Å². The molecule has 0 aromatic rings. The molecule has 2 nitrogen and oxygen atoms in total. The maximum Gasteiger partial charge on any atom is 0.473 e. The number of esters is 1. The number of alkyl halides is 13. The van der Waals surface area contributed by atoms with Crippen molar-refractivity contribution < 1.29 is 66.6 Å². The lowest BCUT2D eigenvalue weighted by Crippen LogP contribution is -2.70. The first-order chi connectivity index (χ1) is 11.7. The van der Waals surface area contributed by atoms with Crippen LogP contribution in [0.3, 0.4) is 0 Å². The Hall–Kier alpha value is -1.44. The summed E-state index contributed by atoms with van der Waals surface area (Å²) in [6, 6.07) is 0. The Morgan fingerprint density at radius 1 is 0.667 bits per heavy atom. The molecule has 0 saturated carbocycles. The third-order valence-corrected chi connectivity index (χ3v) is 3.13. The molecule has 15 heteroatoms. The molecule has 0 aliphatic heterocycles. The lowest BCUT2D eigenvalue weighted by atomic mass is 9.97. The van der Waals surface area contributed by atoms with E-state index in [1.54, 1.807) is 0 Å². The van der Waals surface area contributed by atoms with E-state index < -0.39 is 48.4 Å². The second kappa shape index (κ2) is 7.53. The fourth-order valence-electron chi connectivity index (χ4n) is 1.53. The van der Waals surface area contributed by atoms with Crippen LogP contribution in [-0.2, 0) is 9.53 Å². The van der Waals surface area contributed by atoms with Crippen LogP contribution >= 0.6 is 0 Å². The number of hydrogen-bond acceptors (Lipinski definition) is 2. The van der Waals surface area contributed by atoms with Gasteiger partial charge in [0.25, 0.3) is 0 Å². The van der Waals surface area contributed by atoms with Gasteiger partial charge in [-0.15, -0.1) is 0 Å². The Labute approximate surface area is 142 Å². The molecule has 0 rings (SSSR count). The van der Waals surface area contributed by atoms with Crippen molar-refractivity contribution in [2.24, 2.45) is 0 Å². The Morgan fingerprint density at radius 2 is 1.07 bits per heavy atom. The Morgan fingerprint density at radius 3 is 1.44 bits per heavy atom. The van der Waals surface area contributed by atoms with E-state index in [4.69, 9.17) is 0 Å². The Kier molecular flexibility index (Phi) is 7.12. The van der Waals surface area contributed by atoms with E-state index in [1.807, 2.05) is 0 Å². The highest BCUT2D eigenvalue weighted by molar-refractivity contribution is 5.69. The quantitative estimate of drug-likeness (QED) is 0.260. The molecule has 0 radical (unpaired) electrons. The first-order valence-corrected chi connectivity index (χ1v) is 6.88. The van der Waals surface area contributed by atoms with Gasteiger partial charge in [0.1, 0.15) is 0 Å². The van der Waals surface area contributed by atoms with Gasteiger partial charge in [0.2, 0.25) is 0 Å². The first kappa shape index (κ1) is 25.6. The largest absolute Gasteiger partial charge is 0.473 e. The van der Waals surface area contributed by atoms with Gasteiger partial charge in [0.15, 0.2) is 0 Å². The lowest BCUT2D eigenvalue weighted by molar-refractivity contribution is -0.460. The van der Waals surface area contributed by atoms with Gasteiger partial charge in [0.05, 0.1) is 0 Å². The second-order valence-electron chi connectivity index (χ2n) is 5.24. The standard InChI is InChI=1S/C12H11F13O2/c1-2-3-4-5-6(26)27-12(24,25)10(19,20)8(15,16)7(13,14)9(17,18)11(21,22)23/h2-5H2,1H3. The molecule has 27 heavy (non-hydrogen) atoms. The molecule has 0 atom stereocenters. The van der Waals surface area contributed by atoms with Gasteiger partial charge in [-0.05, 0) is 6.42 Å². The second-order valence-corrected chi connectivity index (χ2v) is 5.24. The van der Waals surface area contributed by atoms with Crippen molar-refractivity contribution >= 4 is 5.97 Å². The number of carbonyl (C=O) groups is 1. The van der Waals surface area contributed by atoms with Crippen LogP contribution in [0.1, 0.15) is 32.6 Å². The van der Waals surface area contributed by atoms with Crippen LogP contribution < -0.4 is 0 Å². The van der Waals surface area contributed by atoms with E-state index in [-0.39, 0.29) is 12.8 Å². The van der Waals surface area contributed by atoms with Crippen molar-refractivity contribution in [2.45, 2.75) is 68.6 Å². The topological polar surface area (TPSA) is 26.3 Å². The summed E-state index contributed by atoms with van der Waals surface area (Å²) in [5.41, 5.74) is 0. The van der Waals surface area contributed by atoms with Crippen LogP contribution in [0.4, 0.5) is 57.1 Å². The lowest BCUT2D eigenvalue weighted by Gasteiger charge is -2.38. The first-order valence-electron chi connectivity index (χ1n) is 6.88. The van der Waals surface area contributed by atoms with Crippen molar-refractivity contribution in [1.82, 2.24) is 0 Å². The number of hydrogen-bond donors (Lipinski definition) is 0. The predicted molar refractivity (Wildman–Crippen MR) is 61.0 cm³/mol. The normalized spacial score (nSPS) is 15.0. The highest BCUT2D eigenvalue weighted by atomic mass is 19.4. The Bertz CT molecular complexity index is 524. The maximum absolute atomic E-state index is 13.2. The number of halogens is 13. The Balaban J connectivity index is 5.84. The summed E-state index contributed by atoms with van der Waals surface area (Å²) in [5.74, 6) is -33.7. The molecule has 0 unspecified atom stereocenters. The molecule has 0 N–H and O–H groups in total. The third kappa shape index (κ3) is 4.36. The summed E-state index contributed by atoms with van der Waals surface area (Å²) in [5, 5.41) is 0. The summed E-state index contributed by atoms with van der Waals surface area (Å²) >= 11 is 0. The molecule has 0 aliphatic rings. The van der Waals surface area contributed by atoms with Gasteiger partial charge in [-0.3, -0.25) is 4.79 Å². The molecule has 162 valence electrons. The van der Waals surface area contributed by atoms with Crippen molar-refractivity contribution in [3.63, 3.8) is 0 Å². The summed E-state index contributed by atoms with van der Waals surface area (Å²) in [6.45, 7) is 1.54. The van der Waals surface area contributed by atoms with Gasteiger partial charge in [-0.25, -0.2) is 0 Å². The monoisotopic (exact) mass is 434 g/mol. The molecular formula is C12H11F13O2. The molecule has 0 saturated heterocycles. The van der Waals surface area contributed by atoms with E-state index in [9.17, 15) is 61.9 Å². The number of ether oxygens (including phenoxy) is 1. The molecule has 0 fully saturated rings. The van der Waals surface area contributed by atoms with E-state index in [2.05, 4.69) is 4.74 Å². The van der Waals surface area contributed by atoms with Gasteiger partial charge < -0.3 is 4.74 Å². The van der Waals surface area contributed by atoms with Gasteiger partial charge in [-0.2, -0.15) is 57.1 Å². The van der Waals surface area contributed by atoms with E-state index in [0.29, 0.717) is 6.42 Å². The summed E-state index contributed by atoms with van der Waals surface area (Å²) in [7, 11) is 0. The molecule has 0 bridgehead atoms. The average Bonchev–Trinajstić information content (AvgIpc) is 2.44. The molecule has 0 aliphatic carbocycles. The van der Waals surface area contributed by atoms with Gasteiger partial charge >= 0.3 is 41.9 Å². The zero-order valence-electron chi connectivity index (χ0n) is 13.1. The zero-order valence-corrected chi connectivity index (χ0v) is 13.1. The molecule has 0 aromatic carbocycles. The van der Waals surface area contributed by atoms with Gasteiger partial charge in [-0.1, -0.05) is 19.8 Å². The van der Waals surface area contributed by atoms with Crippen LogP contribution in [0, 0.1) is 0 Å². The minimum Gasteiger partial charge on any atom is -0.396 e. The van der Waals surface area contributed by atoms with Crippen molar-refractivity contribution in [3.05, 3.63) is 0 Å². The zero-order chi connectivity index (χ0) is 22.1. The maximum atomic E-state index is 13.2. The fourth-order valence-corrected chi connectivity index (χ4v) is 1.53. The van der Waals surface area contributed by atoms with Crippen molar-refractivity contribution in [1.29, 1.82) is 0 Å². The molecule has 0 heterocycles. The molecular weight excluding hydrogens is 423 g/mol. The van der Waals surface area contributed by atoms with Crippen molar-refractivity contribution in [3.8, 4) is 0 Å². The highest BCUT2D eigenvalue weighted by Crippen LogP contribution is 2.60. The van der Waals surface area contributed by atoms with Crippen LogP contribution in [-0.4, -0.2) is 41.9 Å². The smallest absolute Gasteiger partial charge is 0.396 e. The minimum atomic E-state index is -8.01. The van der Waals surface area contributed by atoms with Crippen LogP contribution in [0.2, 0.25) is 0 Å². The SMILES string of the molecule is CCCCCC(=O)OC(F)(F)C(F)(F)C(F)(F)C(F)(F)C(F)(F)C(F)(F)F. The minimum absolute atomic E-state index is 0.156. The molecule has 0 aromatic heterocycles. The predicted octanol–water partition coefficient (Wildman–Crippen LogP) is 5.81. The molecule has 0 spiro atoms. The van der Waals surface area contributed by atoms with Crippen LogP contribution in [0.5, 0.6) is 0 Å². The number of rotatable bonds is 9. The van der Waals surface area contributed by atoms with Gasteiger partial charge in [0, 0.05) is 6.42 Å². The summed E-state index contributed by atoms with van der Waals surface area (Å²) in [4.78, 5) is 10.9. The third-order valence-electron chi connectivity index (χ3n) is 3.13. The number of unbranched alkanes of at least 4 members (excludes halogenated alkanes) is 2. The van der Waals surface area contributed by atoms with Crippen LogP contribution in [0.25, 0.3) is 0 Å². The van der Waals surface area contributed by atoms with Crippen molar-refractivity contribution in [2.75, 3.05) is 0 Å². The van der Waals surface area contributed by atoms with Crippen LogP contribution in [0.15, 0.2) is 0 Å². The van der Waals surface area contributed by atoms with E-state index in [0.717, 1.165) is 0 Å². The summed E-state index contributed by atoms with van der Waals surface area (Å²) < 4.78 is 168.